The molecule has 1 aromatic carbocycles. The van der Waals surface area contributed by atoms with Crippen LogP contribution >= 0.6 is 11.3 Å². The number of thiophene rings is 1. The molecule has 0 radical (unpaired) electrons. The third kappa shape index (κ3) is 2.00. The van der Waals surface area contributed by atoms with Crippen LogP contribution in [0.2, 0.25) is 0 Å². The minimum Gasteiger partial charge on any atom is -0.352 e. The summed E-state index contributed by atoms with van der Waals surface area (Å²) in [6.07, 6.45) is 0. The van der Waals surface area contributed by atoms with E-state index in [1.165, 1.54) is 15.6 Å². The standard InChI is InChI=1S/C13H15N3S/c1-16-7-6-14-13(16)15-8-10-9-17-12-5-3-2-4-11(10)12/h2-5,9H,6-8H2,1H3,(H,14,15). The summed E-state index contributed by atoms with van der Waals surface area (Å²) in [6.45, 7) is 2.78. The van der Waals surface area contributed by atoms with E-state index in [0.29, 0.717) is 0 Å². The monoisotopic (exact) mass is 245 g/mol. The zero-order chi connectivity index (χ0) is 11.7. The van der Waals surface area contributed by atoms with Crippen LogP contribution in [-0.4, -0.2) is 31.0 Å². The summed E-state index contributed by atoms with van der Waals surface area (Å²) in [4.78, 5) is 6.59. The molecule has 0 spiro atoms. The number of rotatable bonds is 2. The van der Waals surface area contributed by atoms with Gasteiger partial charge in [0.2, 0.25) is 0 Å². The number of guanidine groups is 1. The van der Waals surface area contributed by atoms with Gasteiger partial charge in [-0.15, -0.1) is 11.3 Å². The van der Waals surface area contributed by atoms with Crippen molar-refractivity contribution in [2.24, 2.45) is 4.99 Å². The topological polar surface area (TPSA) is 27.6 Å². The highest BCUT2D eigenvalue weighted by Crippen LogP contribution is 2.25. The maximum absolute atomic E-state index is 4.43. The van der Waals surface area contributed by atoms with Crippen LogP contribution in [0.4, 0.5) is 0 Å². The molecule has 3 rings (SSSR count). The Hall–Kier alpha value is -1.55. The van der Waals surface area contributed by atoms with Gasteiger partial charge in [0.1, 0.15) is 0 Å². The number of benzene rings is 1. The molecule has 2 aromatic rings. The van der Waals surface area contributed by atoms with Gasteiger partial charge < -0.3 is 10.2 Å². The quantitative estimate of drug-likeness (QED) is 0.879. The van der Waals surface area contributed by atoms with Crippen LogP contribution in [0.3, 0.4) is 0 Å². The van der Waals surface area contributed by atoms with Crippen molar-refractivity contribution in [1.82, 2.24) is 10.2 Å². The minimum atomic E-state index is 0.854. The molecule has 3 nitrogen and oxygen atoms in total. The molecular formula is C13H15N3S. The van der Waals surface area contributed by atoms with Gasteiger partial charge in [-0.2, -0.15) is 0 Å². The Morgan fingerprint density at radius 1 is 1.41 bits per heavy atom. The van der Waals surface area contributed by atoms with Gasteiger partial charge in [0.25, 0.3) is 0 Å². The molecule has 2 heterocycles. The molecule has 0 fully saturated rings. The number of aliphatic imine (C=N–C) groups is 1. The molecule has 1 aromatic heterocycles. The number of likely N-dealkylation sites (N-methyl/N-ethyl adjacent to an activating group) is 1. The largest absolute Gasteiger partial charge is 0.352 e. The average molecular weight is 245 g/mol. The molecule has 1 aliphatic rings. The van der Waals surface area contributed by atoms with Gasteiger partial charge in [-0.1, -0.05) is 18.2 Å². The van der Waals surface area contributed by atoms with Crippen LogP contribution in [-0.2, 0) is 6.54 Å². The van der Waals surface area contributed by atoms with Gasteiger partial charge in [0.15, 0.2) is 5.96 Å². The predicted octanol–water partition coefficient (Wildman–Crippen LogP) is 2.29. The van der Waals surface area contributed by atoms with Gasteiger partial charge >= 0.3 is 0 Å². The molecule has 0 atom stereocenters. The number of hydrogen-bond acceptors (Lipinski definition) is 4. The second-order valence-corrected chi connectivity index (χ2v) is 5.15. The van der Waals surface area contributed by atoms with Gasteiger partial charge in [-0.25, -0.2) is 0 Å². The van der Waals surface area contributed by atoms with Crippen LogP contribution in [0.1, 0.15) is 5.56 Å². The highest BCUT2D eigenvalue weighted by atomic mass is 32.1. The number of nitrogens with zero attached hydrogens (tertiary/aromatic N) is 2. The second-order valence-electron chi connectivity index (χ2n) is 4.24. The Morgan fingerprint density at radius 3 is 3.12 bits per heavy atom. The van der Waals surface area contributed by atoms with E-state index in [2.05, 4.69) is 51.9 Å². The minimum absolute atomic E-state index is 0.854. The molecule has 0 unspecified atom stereocenters. The first-order chi connectivity index (χ1) is 8.34. The Labute approximate surface area is 105 Å². The summed E-state index contributed by atoms with van der Waals surface area (Å²) in [6, 6.07) is 8.54. The maximum atomic E-state index is 4.43. The van der Waals surface area contributed by atoms with Crippen LogP contribution in [0, 0.1) is 0 Å². The number of nitrogens with one attached hydrogen (secondary N) is 1. The lowest BCUT2D eigenvalue weighted by molar-refractivity contribution is 0.534. The van der Waals surface area contributed by atoms with E-state index in [9.17, 15) is 0 Å². The molecule has 0 aliphatic carbocycles. The van der Waals surface area contributed by atoms with Crippen molar-refractivity contribution >= 4 is 27.4 Å². The second kappa shape index (κ2) is 4.37. The van der Waals surface area contributed by atoms with Crippen molar-refractivity contribution in [2.75, 3.05) is 20.1 Å². The summed E-state index contributed by atoms with van der Waals surface area (Å²) >= 11 is 1.80. The molecule has 1 aliphatic heterocycles. The van der Waals surface area contributed by atoms with Crippen molar-refractivity contribution < 1.29 is 0 Å². The molecule has 1 N–H and O–H groups in total. The van der Waals surface area contributed by atoms with Crippen LogP contribution in [0.15, 0.2) is 34.6 Å². The SMILES string of the molecule is CN1CCN=C1NCc1csc2ccccc12. The van der Waals surface area contributed by atoms with Crippen LogP contribution < -0.4 is 5.32 Å². The van der Waals surface area contributed by atoms with Crippen molar-refractivity contribution in [3.8, 4) is 0 Å². The van der Waals surface area contributed by atoms with Gasteiger partial charge in [-0.05, 0) is 22.4 Å². The zero-order valence-electron chi connectivity index (χ0n) is 9.81. The van der Waals surface area contributed by atoms with E-state index in [1.807, 2.05) is 0 Å². The van der Waals surface area contributed by atoms with Crippen molar-refractivity contribution in [1.29, 1.82) is 0 Å². The highest BCUT2D eigenvalue weighted by molar-refractivity contribution is 7.17. The fraction of sp³-hybridized carbons (Fsp3) is 0.308. The fourth-order valence-corrected chi connectivity index (χ4v) is 3.03. The predicted molar refractivity (Wildman–Crippen MR) is 73.6 cm³/mol. The maximum Gasteiger partial charge on any atom is 0.194 e. The zero-order valence-corrected chi connectivity index (χ0v) is 10.6. The lowest BCUT2D eigenvalue weighted by atomic mass is 10.2. The summed E-state index contributed by atoms with van der Waals surface area (Å²) in [7, 11) is 2.07. The molecule has 0 saturated carbocycles. The van der Waals surface area contributed by atoms with Crippen molar-refractivity contribution in [3.05, 3.63) is 35.2 Å². The van der Waals surface area contributed by atoms with E-state index in [1.54, 1.807) is 11.3 Å². The van der Waals surface area contributed by atoms with E-state index < -0.39 is 0 Å². The molecule has 0 saturated heterocycles. The number of fused-ring (bicyclic) bond motifs is 1. The van der Waals surface area contributed by atoms with Gasteiger partial charge in [-0.3, -0.25) is 4.99 Å². The lowest BCUT2D eigenvalue weighted by Crippen LogP contribution is -2.34. The van der Waals surface area contributed by atoms with E-state index >= 15 is 0 Å². The van der Waals surface area contributed by atoms with Crippen molar-refractivity contribution in [2.45, 2.75) is 6.54 Å². The highest BCUT2D eigenvalue weighted by Gasteiger charge is 2.12. The Bertz CT molecular complexity index is 559. The van der Waals surface area contributed by atoms with Gasteiger partial charge in [0, 0.05) is 24.8 Å². The molecule has 4 heteroatoms. The molecular weight excluding hydrogens is 230 g/mol. The first-order valence-corrected chi connectivity index (χ1v) is 6.67. The molecule has 88 valence electrons. The first-order valence-electron chi connectivity index (χ1n) is 5.79. The van der Waals surface area contributed by atoms with Crippen LogP contribution in [0.25, 0.3) is 10.1 Å². The Balaban J connectivity index is 1.77. The van der Waals surface area contributed by atoms with E-state index in [0.717, 1.165) is 25.6 Å². The smallest absolute Gasteiger partial charge is 0.194 e. The molecule has 0 bridgehead atoms. The summed E-state index contributed by atoms with van der Waals surface area (Å²) in [5, 5.41) is 6.99. The summed E-state index contributed by atoms with van der Waals surface area (Å²) in [5.74, 6) is 1.01. The third-order valence-electron chi connectivity index (χ3n) is 3.06. The van der Waals surface area contributed by atoms with Gasteiger partial charge in [0.05, 0.1) is 6.54 Å². The fourth-order valence-electron chi connectivity index (χ4n) is 2.07. The first kappa shape index (κ1) is 10.6. The summed E-state index contributed by atoms with van der Waals surface area (Å²) < 4.78 is 1.35. The normalized spacial score (nSPS) is 15.4. The Morgan fingerprint density at radius 2 is 2.29 bits per heavy atom. The third-order valence-corrected chi connectivity index (χ3v) is 4.07. The summed E-state index contributed by atoms with van der Waals surface area (Å²) in [5.41, 5.74) is 1.36. The van der Waals surface area contributed by atoms with E-state index in [-0.39, 0.29) is 0 Å². The average Bonchev–Trinajstić information content (AvgIpc) is 2.93. The van der Waals surface area contributed by atoms with Crippen LogP contribution in [0.5, 0.6) is 0 Å². The molecule has 17 heavy (non-hydrogen) atoms. The van der Waals surface area contributed by atoms with Crippen molar-refractivity contribution in [3.63, 3.8) is 0 Å². The van der Waals surface area contributed by atoms with E-state index in [4.69, 9.17) is 0 Å². The molecule has 0 amide bonds. The lowest BCUT2D eigenvalue weighted by Gasteiger charge is -2.14. The number of hydrogen-bond donors (Lipinski definition) is 1. The Kier molecular flexibility index (Phi) is 2.73.